The number of aliphatic hydroxyl groups excluding tert-OH is 20. The van der Waals surface area contributed by atoms with Crippen LogP contribution in [0.25, 0.3) is 0 Å². The minimum absolute atomic E-state index is 0.836. The van der Waals surface area contributed by atoms with Crippen LogP contribution >= 0.6 is 0 Å². The van der Waals surface area contributed by atoms with Gasteiger partial charge in [0.2, 0.25) is 0 Å². The van der Waals surface area contributed by atoms with Crippen molar-refractivity contribution >= 4 is 0 Å². The van der Waals surface area contributed by atoms with Crippen molar-refractivity contribution in [2.45, 2.75) is 184 Å². The summed E-state index contributed by atoms with van der Waals surface area (Å²) in [7, 11) is 0. The zero-order chi connectivity index (χ0) is 49.3. The van der Waals surface area contributed by atoms with Crippen molar-refractivity contribution in [1.29, 1.82) is 0 Å². The van der Waals surface area contributed by atoms with Crippen molar-refractivity contribution in [3.05, 3.63) is 0 Å². The van der Waals surface area contributed by atoms with E-state index in [1.165, 1.54) is 0 Å². The van der Waals surface area contributed by atoms with Gasteiger partial charge in [-0.05, 0) is 0 Å². The highest BCUT2D eigenvalue weighted by Gasteiger charge is 2.56. The molecule has 20 N–H and O–H groups in total. The molecular weight excluding hydrogens is 928 g/mol. The monoisotopic (exact) mass is 990 g/mol. The minimum atomic E-state index is -2.24. The first-order valence-electron chi connectivity index (χ1n) is 21.1. The van der Waals surface area contributed by atoms with Crippen LogP contribution < -0.4 is 0 Å². The number of hydrogen-bond donors (Lipinski definition) is 20. The summed E-state index contributed by atoms with van der Waals surface area (Å²) in [5.74, 6) is 0. The van der Waals surface area contributed by atoms with E-state index in [0.717, 1.165) is 0 Å². The molecule has 392 valence electrons. The first kappa shape index (κ1) is 55.1. The third-order valence-corrected chi connectivity index (χ3v) is 12.4. The molecule has 6 aliphatic heterocycles. The summed E-state index contributed by atoms with van der Waals surface area (Å²) in [5.41, 5.74) is 0. The Morgan fingerprint density at radius 1 is 0.254 bits per heavy atom. The van der Waals surface area contributed by atoms with Crippen LogP contribution in [0.5, 0.6) is 0 Å². The number of aliphatic hydroxyl groups is 20. The van der Waals surface area contributed by atoms with Crippen LogP contribution in [0.15, 0.2) is 0 Å². The highest BCUT2D eigenvalue weighted by molar-refractivity contribution is 4.98. The Hall–Kier alpha value is -1.24. The van der Waals surface area contributed by atoms with Gasteiger partial charge in [0, 0.05) is 0 Å². The highest BCUT2D eigenvalue weighted by atomic mass is 16.8. The molecule has 0 aromatic carbocycles. The molecular formula is C36H62O31. The molecule has 1 unspecified atom stereocenters. The van der Waals surface area contributed by atoms with Gasteiger partial charge in [-0.25, -0.2) is 0 Å². The van der Waals surface area contributed by atoms with Gasteiger partial charge in [-0.3, -0.25) is 0 Å². The van der Waals surface area contributed by atoms with E-state index in [2.05, 4.69) is 0 Å². The van der Waals surface area contributed by atoms with E-state index in [-0.39, 0.29) is 0 Å². The third kappa shape index (κ3) is 11.5. The van der Waals surface area contributed by atoms with Gasteiger partial charge in [-0.2, -0.15) is 0 Å². The normalized spacial score (nSPS) is 53.4. The van der Waals surface area contributed by atoms with E-state index in [4.69, 9.17) is 52.1 Å². The fourth-order valence-electron chi connectivity index (χ4n) is 8.27. The summed E-state index contributed by atoms with van der Waals surface area (Å²) in [5, 5.41) is 210. The van der Waals surface area contributed by atoms with Gasteiger partial charge in [-0.1, -0.05) is 0 Å². The topological polar surface area (TPSA) is 506 Å². The molecule has 31 nitrogen and oxygen atoms in total. The summed E-state index contributed by atoms with van der Waals surface area (Å²) in [6, 6.07) is 0. The number of rotatable bonds is 16. The standard InChI is InChI=1S/C36H62O31/c37-1-7-13(41)19(47)23(51)32(60-7)57-6-12-18(46)29(65-34-24(52)20(48)14(42)8(2-38)61-34)27(55)33(64-12)58-5-11-17(45)28(26(54)31(56)59-11)66-36-30(22(50)16(44)10(4-40)63-36)67-35-25(53)21(49)15(43)9(3-39)62-35/h7-56H,1-6H2/t7-,8-,9-,10-,11-,12-,13-,14-,15-,16-,17-,18-,19+,20+,21+,22+,23-,24+,25+,26+,27+,28+,29+,30+,31?,32+,33+,34-,35-,36-/m1/s1. The minimum Gasteiger partial charge on any atom is -0.394 e. The molecule has 0 aliphatic carbocycles. The zero-order valence-electron chi connectivity index (χ0n) is 35.0. The van der Waals surface area contributed by atoms with Gasteiger partial charge in [-0.15, -0.1) is 0 Å². The number of hydrogen-bond acceptors (Lipinski definition) is 31. The lowest BCUT2D eigenvalue weighted by Crippen LogP contribution is -2.67. The van der Waals surface area contributed by atoms with E-state index in [1.807, 2.05) is 0 Å². The van der Waals surface area contributed by atoms with Crippen LogP contribution in [-0.2, 0) is 52.1 Å². The van der Waals surface area contributed by atoms with Crippen molar-refractivity contribution in [1.82, 2.24) is 0 Å². The fourth-order valence-corrected chi connectivity index (χ4v) is 8.27. The first-order chi connectivity index (χ1) is 31.7. The molecule has 30 atom stereocenters. The molecule has 0 radical (unpaired) electrons. The molecule has 0 saturated carbocycles. The Labute approximate surface area is 378 Å². The Kier molecular flexibility index (Phi) is 19.4. The van der Waals surface area contributed by atoms with Gasteiger partial charge in [0.15, 0.2) is 37.7 Å². The Balaban J connectivity index is 1.19. The Morgan fingerprint density at radius 3 is 1.01 bits per heavy atom. The molecule has 67 heavy (non-hydrogen) atoms. The number of ether oxygens (including phenoxy) is 11. The lowest BCUT2D eigenvalue weighted by atomic mass is 9.96. The van der Waals surface area contributed by atoms with Crippen LogP contribution in [0.2, 0.25) is 0 Å². The van der Waals surface area contributed by atoms with Crippen molar-refractivity contribution in [3.8, 4) is 0 Å². The lowest BCUT2D eigenvalue weighted by Gasteiger charge is -2.48. The molecule has 6 heterocycles. The molecule has 6 rings (SSSR count). The van der Waals surface area contributed by atoms with Crippen molar-refractivity contribution in [3.63, 3.8) is 0 Å². The third-order valence-electron chi connectivity index (χ3n) is 12.4. The summed E-state index contributed by atoms with van der Waals surface area (Å²) in [4.78, 5) is 0. The molecule has 6 saturated heterocycles. The average molecular weight is 991 g/mol. The second-order valence-electron chi connectivity index (χ2n) is 16.8. The second-order valence-corrected chi connectivity index (χ2v) is 16.8. The Bertz CT molecular complexity index is 1500. The molecule has 6 fully saturated rings. The SMILES string of the molecule is OC[C@H]1O[C@H](O[C@@H]2[C@H](O)[C@@H](OC[C@H]3OC(O)[C@@H](O)[C@@H](O[C@H]4O[C@H](CO)[C@@H](O)[C@H](O)[C@@H]4O[C@H]4O[C@H](CO)[C@@H](O)[C@H](O)[C@@H]4O)[C@@H]3O)O[C@H](CO[C@H]3O[C@H](CO)[C@@H](O)[C@H](O)[C@H]3O)[C@H]2O)[C@@H](O)[C@@H](O)[C@@H]1O. The maximum absolute atomic E-state index is 11.5. The van der Waals surface area contributed by atoms with Gasteiger partial charge < -0.3 is 154 Å². The largest absolute Gasteiger partial charge is 0.394 e. The molecule has 0 aromatic rings. The molecule has 0 amide bonds. The molecule has 0 bridgehead atoms. The summed E-state index contributed by atoms with van der Waals surface area (Å²) in [6.07, 6.45) is -57.5. The van der Waals surface area contributed by atoms with E-state index in [1.54, 1.807) is 0 Å². The first-order valence-corrected chi connectivity index (χ1v) is 21.1. The highest BCUT2D eigenvalue weighted by Crippen LogP contribution is 2.35. The molecule has 0 aromatic heterocycles. The van der Waals surface area contributed by atoms with Crippen molar-refractivity contribution < 1.29 is 154 Å². The summed E-state index contributed by atoms with van der Waals surface area (Å²) in [6.45, 7) is -5.36. The quantitative estimate of drug-likeness (QED) is 0.0683. The van der Waals surface area contributed by atoms with Crippen LogP contribution in [0, 0.1) is 0 Å². The predicted octanol–water partition coefficient (Wildman–Crippen LogP) is -14.1. The molecule has 0 spiro atoms. The van der Waals surface area contributed by atoms with Crippen LogP contribution in [0.4, 0.5) is 0 Å². The van der Waals surface area contributed by atoms with E-state index >= 15 is 0 Å². The van der Waals surface area contributed by atoms with Gasteiger partial charge >= 0.3 is 0 Å². The second kappa shape index (κ2) is 23.5. The molecule has 31 heteroatoms. The smallest absolute Gasteiger partial charge is 0.187 e. The van der Waals surface area contributed by atoms with Crippen LogP contribution in [-0.4, -0.2) is 326 Å². The van der Waals surface area contributed by atoms with Crippen LogP contribution in [0.1, 0.15) is 0 Å². The van der Waals surface area contributed by atoms with E-state index < -0.39 is 224 Å². The van der Waals surface area contributed by atoms with E-state index in [0.29, 0.717) is 0 Å². The lowest BCUT2D eigenvalue weighted by molar-refractivity contribution is -0.390. The maximum Gasteiger partial charge on any atom is 0.187 e. The predicted molar refractivity (Wildman–Crippen MR) is 199 cm³/mol. The average Bonchev–Trinajstić information content (AvgIpc) is 3.31. The van der Waals surface area contributed by atoms with Gasteiger partial charge in [0.05, 0.1) is 39.6 Å². The van der Waals surface area contributed by atoms with E-state index in [9.17, 15) is 102 Å². The zero-order valence-corrected chi connectivity index (χ0v) is 35.0. The van der Waals surface area contributed by atoms with Gasteiger partial charge in [0.1, 0.15) is 146 Å². The van der Waals surface area contributed by atoms with Gasteiger partial charge in [0.25, 0.3) is 0 Å². The van der Waals surface area contributed by atoms with Crippen LogP contribution in [0.3, 0.4) is 0 Å². The Morgan fingerprint density at radius 2 is 0.567 bits per heavy atom. The maximum atomic E-state index is 11.5. The van der Waals surface area contributed by atoms with Crippen molar-refractivity contribution in [2.24, 2.45) is 0 Å². The van der Waals surface area contributed by atoms with Crippen molar-refractivity contribution in [2.75, 3.05) is 39.6 Å². The molecule has 6 aliphatic rings. The summed E-state index contributed by atoms with van der Waals surface area (Å²) >= 11 is 0. The summed E-state index contributed by atoms with van der Waals surface area (Å²) < 4.78 is 60.8. The fraction of sp³-hybridized carbons (Fsp3) is 1.00.